The first-order valence-corrected chi connectivity index (χ1v) is 5.77. The quantitative estimate of drug-likeness (QED) is 0.674. The number of rotatable bonds is 2. The molecule has 0 saturated heterocycles. The lowest BCUT2D eigenvalue weighted by atomic mass is 10.0. The molecule has 2 heteroatoms. The van der Waals surface area contributed by atoms with E-state index in [9.17, 15) is 0 Å². The molecule has 1 aliphatic rings. The largest absolute Gasteiger partial charge is 0.331 e. The van der Waals surface area contributed by atoms with Gasteiger partial charge < -0.3 is 4.57 Å². The molecule has 1 heterocycles. The van der Waals surface area contributed by atoms with Gasteiger partial charge in [0.15, 0.2) is 0 Å². The first kappa shape index (κ1) is 10.3. The van der Waals surface area contributed by atoms with E-state index in [2.05, 4.69) is 28.3 Å². The van der Waals surface area contributed by atoms with Crippen LogP contribution in [0.1, 0.15) is 43.4 Å². The Labute approximate surface area is 91.7 Å². The van der Waals surface area contributed by atoms with E-state index >= 15 is 0 Å². The van der Waals surface area contributed by atoms with Gasteiger partial charge in [0.2, 0.25) is 0 Å². The summed E-state index contributed by atoms with van der Waals surface area (Å²) in [5.41, 5.74) is 2.81. The van der Waals surface area contributed by atoms with Crippen molar-refractivity contribution in [3.8, 4) is 11.8 Å². The number of hydrogen-bond acceptors (Lipinski definition) is 1. The molecule has 0 amide bonds. The number of fused-ring (bicyclic) bond motifs is 1. The Kier molecular flexibility index (Phi) is 3.11. The van der Waals surface area contributed by atoms with Gasteiger partial charge >= 0.3 is 0 Å². The van der Waals surface area contributed by atoms with Crippen LogP contribution in [0.2, 0.25) is 0 Å². The van der Waals surface area contributed by atoms with Crippen molar-refractivity contribution in [1.29, 1.82) is 0 Å². The van der Waals surface area contributed by atoms with Gasteiger partial charge in [0, 0.05) is 18.7 Å². The van der Waals surface area contributed by atoms with E-state index in [0.717, 1.165) is 13.0 Å². The minimum atomic E-state index is 0.945. The highest BCUT2D eigenvalue weighted by Gasteiger charge is 2.17. The van der Waals surface area contributed by atoms with Crippen LogP contribution in [0.4, 0.5) is 0 Å². The summed E-state index contributed by atoms with van der Waals surface area (Å²) in [5.74, 6) is 7.23. The van der Waals surface area contributed by atoms with Crippen molar-refractivity contribution in [2.75, 3.05) is 0 Å². The average Bonchev–Trinajstić information content (AvgIpc) is 2.56. The summed E-state index contributed by atoms with van der Waals surface area (Å²) >= 11 is 0. The highest BCUT2D eigenvalue weighted by Crippen LogP contribution is 2.22. The van der Waals surface area contributed by atoms with E-state index in [1.807, 2.05) is 6.92 Å². The smallest absolute Gasteiger partial charge is 0.106 e. The van der Waals surface area contributed by atoms with Crippen LogP contribution in [0.25, 0.3) is 0 Å². The molecule has 1 aromatic heterocycles. The maximum atomic E-state index is 4.64. The SMILES string of the molecule is CC#CCCn1c(C)nc2c1CCCC2. The van der Waals surface area contributed by atoms with E-state index in [4.69, 9.17) is 0 Å². The highest BCUT2D eigenvalue weighted by molar-refractivity contribution is 5.20. The van der Waals surface area contributed by atoms with Crippen molar-refractivity contribution in [3.05, 3.63) is 17.2 Å². The summed E-state index contributed by atoms with van der Waals surface area (Å²) in [4.78, 5) is 4.64. The molecule has 0 fully saturated rings. The van der Waals surface area contributed by atoms with Gasteiger partial charge in [-0.2, -0.15) is 0 Å². The molecule has 0 aliphatic heterocycles. The molecule has 2 nitrogen and oxygen atoms in total. The highest BCUT2D eigenvalue weighted by atomic mass is 15.1. The second kappa shape index (κ2) is 4.53. The van der Waals surface area contributed by atoms with E-state index in [0.29, 0.717) is 0 Å². The predicted molar refractivity (Wildman–Crippen MR) is 61.7 cm³/mol. The van der Waals surface area contributed by atoms with Gasteiger partial charge in [0.25, 0.3) is 0 Å². The predicted octanol–water partition coefficient (Wildman–Crippen LogP) is 2.48. The molecule has 0 unspecified atom stereocenters. The average molecular weight is 202 g/mol. The van der Waals surface area contributed by atoms with E-state index in [-0.39, 0.29) is 0 Å². The fourth-order valence-electron chi connectivity index (χ4n) is 2.33. The lowest BCUT2D eigenvalue weighted by molar-refractivity contribution is 0.602. The Hall–Kier alpha value is -1.23. The molecule has 0 radical (unpaired) electrons. The summed E-state index contributed by atoms with van der Waals surface area (Å²) in [6.07, 6.45) is 5.94. The maximum Gasteiger partial charge on any atom is 0.106 e. The van der Waals surface area contributed by atoms with E-state index < -0.39 is 0 Å². The van der Waals surface area contributed by atoms with Crippen molar-refractivity contribution in [1.82, 2.24) is 9.55 Å². The molecule has 1 aromatic rings. The summed E-state index contributed by atoms with van der Waals surface area (Å²) in [6.45, 7) is 5.02. The third-order valence-corrected chi connectivity index (χ3v) is 3.06. The lowest BCUT2D eigenvalue weighted by Gasteiger charge is -2.13. The van der Waals surface area contributed by atoms with Gasteiger partial charge in [-0.1, -0.05) is 0 Å². The summed E-state index contributed by atoms with van der Waals surface area (Å²) in [7, 11) is 0. The van der Waals surface area contributed by atoms with Crippen LogP contribution >= 0.6 is 0 Å². The normalized spacial score (nSPS) is 14.3. The van der Waals surface area contributed by atoms with Crippen LogP contribution in [-0.4, -0.2) is 9.55 Å². The minimum absolute atomic E-state index is 0.945. The molecule has 1 aliphatic carbocycles. The number of aryl methyl sites for hydroxylation is 2. The minimum Gasteiger partial charge on any atom is -0.331 e. The van der Waals surface area contributed by atoms with Crippen LogP contribution in [0.3, 0.4) is 0 Å². The van der Waals surface area contributed by atoms with Crippen LogP contribution in [0.15, 0.2) is 0 Å². The number of imidazole rings is 1. The maximum absolute atomic E-state index is 4.64. The molecule has 15 heavy (non-hydrogen) atoms. The van der Waals surface area contributed by atoms with Crippen LogP contribution in [0.5, 0.6) is 0 Å². The third-order valence-electron chi connectivity index (χ3n) is 3.06. The third kappa shape index (κ3) is 2.07. The van der Waals surface area contributed by atoms with Gasteiger partial charge in [-0.3, -0.25) is 0 Å². The van der Waals surface area contributed by atoms with Gasteiger partial charge in [-0.25, -0.2) is 4.98 Å². The fourth-order valence-corrected chi connectivity index (χ4v) is 2.33. The zero-order valence-corrected chi connectivity index (χ0v) is 9.64. The molecule has 0 atom stereocenters. The van der Waals surface area contributed by atoms with Crippen LogP contribution < -0.4 is 0 Å². The fraction of sp³-hybridized carbons (Fsp3) is 0.615. The molecule has 0 N–H and O–H groups in total. The second-order valence-electron chi connectivity index (χ2n) is 4.09. The Morgan fingerprint density at radius 3 is 2.93 bits per heavy atom. The van der Waals surface area contributed by atoms with Gasteiger partial charge in [-0.15, -0.1) is 11.8 Å². The first-order chi connectivity index (χ1) is 7.33. The molecule has 0 saturated carbocycles. The van der Waals surface area contributed by atoms with Crippen molar-refractivity contribution in [2.24, 2.45) is 0 Å². The van der Waals surface area contributed by atoms with Crippen LogP contribution in [0, 0.1) is 18.8 Å². The molecular weight excluding hydrogens is 184 g/mol. The van der Waals surface area contributed by atoms with E-state index in [1.54, 1.807) is 0 Å². The second-order valence-corrected chi connectivity index (χ2v) is 4.09. The zero-order valence-electron chi connectivity index (χ0n) is 9.64. The summed E-state index contributed by atoms with van der Waals surface area (Å²) in [5, 5.41) is 0. The molecule has 0 spiro atoms. The van der Waals surface area contributed by atoms with Crippen molar-refractivity contribution in [2.45, 2.75) is 52.5 Å². The zero-order chi connectivity index (χ0) is 10.7. The van der Waals surface area contributed by atoms with Crippen molar-refractivity contribution >= 4 is 0 Å². The van der Waals surface area contributed by atoms with Crippen molar-refractivity contribution in [3.63, 3.8) is 0 Å². The van der Waals surface area contributed by atoms with Crippen molar-refractivity contribution < 1.29 is 0 Å². The Morgan fingerprint density at radius 2 is 2.13 bits per heavy atom. The van der Waals surface area contributed by atoms with Gasteiger partial charge in [0.1, 0.15) is 5.82 Å². The summed E-state index contributed by atoms with van der Waals surface area (Å²) < 4.78 is 2.36. The molecule has 2 rings (SSSR count). The monoisotopic (exact) mass is 202 g/mol. The Morgan fingerprint density at radius 1 is 1.33 bits per heavy atom. The lowest BCUT2D eigenvalue weighted by Crippen LogP contribution is -2.09. The number of aromatic nitrogens is 2. The number of hydrogen-bond donors (Lipinski definition) is 0. The Balaban J connectivity index is 2.20. The van der Waals surface area contributed by atoms with Crippen LogP contribution in [-0.2, 0) is 19.4 Å². The topological polar surface area (TPSA) is 17.8 Å². The summed E-state index contributed by atoms with van der Waals surface area (Å²) in [6, 6.07) is 0. The molecular formula is C13H18N2. The van der Waals surface area contributed by atoms with Gasteiger partial charge in [-0.05, 0) is 39.5 Å². The molecule has 0 aromatic carbocycles. The van der Waals surface area contributed by atoms with E-state index in [1.165, 1.54) is 42.9 Å². The first-order valence-electron chi connectivity index (χ1n) is 5.77. The molecule has 0 bridgehead atoms. The standard InChI is InChI=1S/C13H18N2/c1-3-4-7-10-15-11(2)14-12-8-5-6-9-13(12)15/h5-10H2,1-2H3. The number of nitrogens with zero attached hydrogens (tertiary/aromatic N) is 2. The molecule has 80 valence electrons. The van der Waals surface area contributed by atoms with Gasteiger partial charge in [0.05, 0.1) is 5.69 Å². The Bertz CT molecular complexity index is 404.